The van der Waals surface area contributed by atoms with Crippen molar-refractivity contribution in [2.75, 3.05) is 20.7 Å². The first-order chi connectivity index (χ1) is 14.8. The predicted octanol–water partition coefficient (Wildman–Crippen LogP) is 1.60. The number of carbonyl (C=O) groups excluding carboxylic acids is 1. The number of phenols is 1. The molecule has 1 heterocycles. The molecule has 0 aliphatic rings. The van der Waals surface area contributed by atoms with Crippen LogP contribution in [-0.2, 0) is 11.2 Å². The maximum absolute atomic E-state index is 12.6. The van der Waals surface area contributed by atoms with Crippen molar-refractivity contribution in [3.63, 3.8) is 0 Å². The number of carbonyl (C=O) groups is 1. The molecular weight excluding hydrogens is 406 g/mol. The van der Waals surface area contributed by atoms with Gasteiger partial charge in [-0.3, -0.25) is 24.9 Å². The second kappa shape index (κ2) is 10.2. The Hall–Kier alpha value is -4.64. The van der Waals surface area contributed by atoms with Crippen molar-refractivity contribution in [2.24, 2.45) is 0 Å². The van der Waals surface area contributed by atoms with Gasteiger partial charge >= 0.3 is 5.69 Å². The van der Waals surface area contributed by atoms with Crippen LogP contribution in [0, 0.1) is 33.3 Å². The molecule has 31 heavy (non-hydrogen) atoms. The molecule has 0 aliphatic carbocycles. The molecule has 158 valence electrons. The van der Waals surface area contributed by atoms with Gasteiger partial charge in [-0.1, -0.05) is 11.8 Å². The summed E-state index contributed by atoms with van der Waals surface area (Å²) in [5, 5.41) is 40.8. The van der Waals surface area contributed by atoms with Gasteiger partial charge in [0.15, 0.2) is 11.3 Å². The van der Waals surface area contributed by atoms with Gasteiger partial charge in [-0.05, 0) is 6.07 Å². The summed E-state index contributed by atoms with van der Waals surface area (Å²) in [7, 11) is 2.54. The second-order valence-corrected chi connectivity index (χ2v) is 6.03. The fourth-order valence-electron chi connectivity index (χ4n) is 2.38. The van der Waals surface area contributed by atoms with Crippen molar-refractivity contribution >= 4 is 17.4 Å². The second-order valence-electron chi connectivity index (χ2n) is 6.03. The summed E-state index contributed by atoms with van der Waals surface area (Å²) >= 11 is 0. The number of aliphatic hydroxyl groups is 1. The number of methoxy groups -OCH3 is 1. The number of likely N-dealkylation sites (N-methyl/N-ethyl adjacent to an activating group) is 1. The van der Waals surface area contributed by atoms with E-state index >= 15 is 0 Å². The maximum atomic E-state index is 12.6. The Bertz CT molecular complexity index is 1130. The van der Waals surface area contributed by atoms with E-state index in [1.54, 1.807) is 12.3 Å². The first kappa shape index (κ1) is 22.6. The number of hydrogen-bond donors (Lipinski definition) is 2. The van der Waals surface area contributed by atoms with Gasteiger partial charge in [-0.2, -0.15) is 5.26 Å². The van der Waals surface area contributed by atoms with Gasteiger partial charge in [0.1, 0.15) is 11.8 Å². The van der Waals surface area contributed by atoms with Crippen LogP contribution in [0.2, 0.25) is 0 Å². The Kier molecular flexibility index (Phi) is 7.47. The molecule has 0 saturated heterocycles. The van der Waals surface area contributed by atoms with Crippen LogP contribution < -0.4 is 4.74 Å². The van der Waals surface area contributed by atoms with Crippen LogP contribution in [0.3, 0.4) is 0 Å². The molecule has 0 atom stereocenters. The number of amides is 1. The highest BCUT2D eigenvalue weighted by Crippen LogP contribution is 2.38. The molecule has 0 aliphatic heterocycles. The number of hydrogen-bond acceptors (Lipinski definition) is 9. The quantitative estimate of drug-likeness (QED) is 0.175. The van der Waals surface area contributed by atoms with Crippen LogP contribution in [0.1, 0.15) is 11.3 Å². The third kappa shape index (κ3) is 5.46. The number of phenolic OH excluding ortho intramolecular Hbond substituents is 1. The zero-order valence-electron chi connectivity index (χ0n) is 16.6. The number of nitro groups is 1. The molecule has 11 heteroatoms. The van der Waals surface area contributed by atoms with Crippen molar-refractivity contribution < 1.29 is 24.7 Å². The minimum Gasteiger partial charge on any atom is -0.506 e. The number of benzene rings is 1. The summed E-state index contributed by atoms with van der Waals surface area (Å²) in [5.41, 5.74) is -0.996. The SMILES string of the molecule is COc1cc(/C(O)=C(\C#N)C(=O)N(C)CC#CCc2cnccn2)cc([N+](=O)[O-])c1O. The van der Waals surface area contributed by atoms with E-state index in [0.29, 0.717) is 12.1 Å². The van der Waals surface area contributed by atoms with Crippen LogP contribution in [0.15, 0.2) is 36.3 Å². The van der Waals surface area contributed by atoms with Gasteiger partial charge in [0, 0.05) is 37.3 Å². The highest BCUT2D eigenvalue weighted by Gasteiger charge is 2.25. The van der Waals surface area contributed by atoms with E-state index in [2.05, 4.69) is 21.8 Å². The fourth-order valence-corrected chi connectivity index (χ4v) is 2.38. The van der Waals surface area contributed by atoms with Gasteiger partial charge < -0.3 is 19.8 Å². The van der Waals surface area contributed by atoms with Crippen molar-refractivity contribution in [2.45, 2.75) is 6.42 Å². The lowest BCUT2D eigenvalue weighted by molar-refractivity contribution is -0.386. The lowest BCUT2D eigenvalue weighted by Crippen LogP contribution is -2.28. The van der Waals surface area contributed by atoms with Crippen LogP contribution >= 0.6 is 0 Å². The van der Waals surface area contributed by atoms with E-state index in [9.17, 15) is 30.4 Å². The van der Waals surface area contributed by atoms with Crippen molar-refractivity contribution in [1.82, 2.24) is 14.9 Å². The Balaban J connectivity index is 2.27. The molecule has 0 radical (unpaired) electrons. The predicted molar refractivity (Wildman–Crippen MR) is 108 cm³/mol. The van der Waals surface area contributed by atoms with Crippen LogP contribution in [0.25, 0.3) is 5.76 Å². The highest BCUT2D eigenvalue weighted by molar-refractivity contribution is 6.03. The summed E-state index contributed by atoms with van der Waals surface area (Å²) in [6, 6.07) is 3.50. The zero-order chi connectivity index (χ0) is 23.0. The third-order valence-corrected chi connectivity index (χ3v) is 3.98. The van der Waals surface area contributed by atoms with Gasteiger partial charge in [-0.15, -0.1) is 0 Å². The van der Waals surface area contributed by atoms with E-state index in [4.69, 9.17) is 4.74 Å². The van der Waals surface area contributed by atoms with E-state index < -0.39 is 33.6 Å². The van der Waals surface area contributed by atoms with Gasteiger partial charge in [0.25, 0.3) is 5.91 Å². The highest BCUT2D eigenvalue weighted by atomic mass is 16.6. The molecule has 0 bridgehead atoms. The van der Waals surface area contributed by atoms with Gasteiger partial charge in [0.05, 0.1) is 30.7 Å². The molecule has 0 saturated carbocycles. The smallest absolute Gasteiger partial charge is 0.315 e. The number of nitriles is 1. The minimum atomic E-state index is -0.888. The molecule has 0 unspecified atom stereocenters. The molecule has 0 fully saturated rings. The molecule has 2 aromatic rings. The Morgan fingerprint density at radius 2 is 2.10 bits per heavy atom. The third-order valence-electron chi connectivity index (χ3n) is 3.98. The zero-order valence-corrected chi connectivity index (χ0v) is 16.6. The van der Waals surface area contributed by atoms with Gasteiger partial charge in [-0.25, -0.2) is 0 Å². The van der Waals surface area contributed by atoms with Crippen molar-refractivity contribution in [1.29, 1.82) is 5.26 Å². The van der Waals surface area contributed by atoms with E-state index in [1.165, 1.54) is 19.4 Å². The number of aromatic nitrogens is 2. The molecule has 11 nitrogen and oxygen atoms in total. The molecule has 1 aromatic carbocycles. The fraction of sp³-hybridized carbons (Fsp3) is 0.200. The van der Waals surface area contributed by atoms with Crippen LogP contribution in [0.5, 0.6) is 11.5 Å². The van der Waals surface area contributed by atoms with E-state index in [-0.39, 0.29) is 17.9 Å². The summed E-state index contributed by atoms with van der Waals surface area (Å²) in [6.07, 6.45) is 4.94. The first-order valence-corrected chi connectivity index (χ1v) is 8.65. The number of nitro benzene ring substituents is 1. The summed E-state index contributed by atoms with van der Waals surface area (Å²) in [5.74, 6) is 2.88. The minimum absolute atomic E-state index is 0.0450. The molecule has 1 aromatic heterocycles. The number of rotatable bonds is 6. The largest absolute Gasteiger partial charge is 0.506 e. The Labute approximate surface area is 177 Å². The summed E-state index contributed by atoms with van der Waals surface area (Å²) < 4.78 is 4.86. The normalized spacial score (nSPS) is 10.7. The van der Waals surface area contributed by atoms with Crippen molar-refractivity contribution in [3.05, 3.63) is 57.7 Å². The number of nitrogens with zero attached hydrogens (tertiary/aromatic N) is 5. The monoisotopic (exact) mass is 423 g/mol. The molecule has 2 rings (SSSR count). The van der Waals surface area contributed by atoms with Crippen LogP contribution in [-0.4, -0.2) is 56.6 Å². The molecule has 1 amide bonds. The number of aromatic hydroxyl groups is 1. The number of ether oxygens (including phenoxy) is 1. The topological polar surface area (TPSA) is 163 Å². The lowest BCUT2D eigenvalue weighted by atomic mass is 10.1. The number of aliphatic hydroxyl groups excluding tert-OH is 1. The maximum Gasteiger partial charge on any atom is 0.315 e. The van der Waals surface area contributed by atoms with E-state index in [1.807, 2.05) is 0 Å². The molecule has 0 spiro atoms. The van der Waals surface area contributed by atoms with E-state index in [0.717, 1.165) is 24.1 Å². The lowest BCUT2D eigenvalue weighted by Gasteiger charge is -2.14. The molecular formula is C20H17N5O6. The standard InChI is InChI=1S/C20H17N5O6/c1-24(8-4-3-5-14-12-22-6-7-23-14)20(28)15(11-21)18(26)13-9-16(25(29)30)19(27)17(10-13)31-2/h6-7,9-10,12,26-27H,5,8H2,1-2H3/b18-15-. The van der Waals surface area contributed by atoms with Crippen molar-refractivity contribution in [3.8, 4) is 29.4 Å². The summed E-state index contributed by atoms with van der Waals surface area (Å²) in [6.45, 7) is -0.0450. The van der Waals surface area contributed by atoms with Crippen LogP contribution in [0.4, 0.5) is 5.69 Å². The molecule has 2 N–H and O–H groups in total. The average molecular weight is 423 g/mol. The first-order valence-electron chi connectivity index (χ1n) is 8.65. The Morgan fingerprint density at radius 1 is 1.35 bits per heavy atom. The van der Waals surface area contributed by atoms with Gasteiger partial charge in [0.2, 0.25) is 5.75 Å². The summed E-state index contributed by atoms with van der Waals surface area (Å²) in [4.78, 5) is 31.9. The average Bonchev–Trinajstić information content (AvgIpc) is 2.77. The Morgan fingerprint density at radius 3 is 2.68 bits per heavy atom.